The van der Waals surface area contributed by atoms with Gasteiger partial charge < -0.3 is 10.1 Å². The fourth-order valence-corrected chi connectivity index (χ4v) is 6.89. The van der Waals surface area contributed by atoms with Gasteiger partial charge in [-0.2, -0.15) is 0 Å². The average Bonchev–Trinajstić information content (AvgIpc) is 3.36. The molecule has 8 nitrogen and oxygen atoms in total. The highest BCUT2D eigenvalue weighted by molar-refractivity contribution is 7.99. The van der Waals surface area contributed by atoms with Gasteiger partial charge >= 0.3 is 6.03 Å². The third-order valence-electron chi connectivity index (χ3n) is 6.53. The topological polar surface area (TPSA) is 102 Å². The van der Waals surface area contributed by atoms with E-state index in [0.717, 1.165) is 54.3 Å². The van der Waals surface area contributed by atoms with Crippen molar-refractivity contribution in [1.82, 2.24) is 20.2 Å². The second-order valence-corrected chi connectivity index (χ2v) is 10.9. The molecule has 3 amide bonds. The Hall–Kier alpha value is -1.91. The van der Waals surface area contributed by atoms with Gasteiger partial charge in [0.25, 0.3) is 5.56 Å². The lowest BCUT2D eigenvalue weighted by molar-refractivity contribution is -0.117. The molecule has 0 spiro atoms. The SMILES string of the molecule is COCCCn1c(SCC(=O)NC(=O)N[C@H]2CCCC[C@@H]2C)nc2sc3c(c2c1=O)CCC3. The van der Waals surface area contributed by atoms with Crippen LogP contribution in [0.25, 0.3) is 10.2 Å². The van der Waals surface area contributed by atoms with E-state index >= 15 is 0 Å². The highest BCUT2D eigenvalue weighted by Gasteiger charge is 2.25. The molecule has 33 heavy (non-hydrogen) atoms. The van der Waals surface area contributed by atoms with Crippen LogP contribution in [-0.2, 0) is 28.9 Å². The maximum absolute atomic E-state index is 13.3. The van der Waals surface area contributed by atoms with Crippen molar-refractivity contribution in [2.24, 2.45) is 5.92 Å². The number of thiophene rings is 1. The molecule has 2 aliphatic carbocycles. The molecule has 10 heteroatoms. The van der Waals surface area contributed by atoms with E-state index < -0.39 is 11.9 Å². The van der Waals surface area contributed by atoms with E-state index in [2.05, 4.69) is 17.6 Å². The van der Waals surface area contributed by atoms with E-state index in [1.54, 1.807) is 23.0 Å². The molecule has 1 saturated carbocycles. The molecule has 0 saturated heterocycles. The summed E-state index contributed by atoms with van der Waals surface area (Å²) in [7, 11) is 1.63. The first-order valence-corrected chi connectivity index (χ1v) is 13.5. The zero-order chi connectivity index (χ0) is 23.4. The van der Waals surface area contributed by atoms with Gasteiger partial charge in [-0.3, -0.25) is 19.5 Å². The van der Waals surface area contributed by atoms with Crippen LogP contribution in [-0.4, -0.2) is 47.0 Å². The molecule has 0 aliphatic heterocycles. The number of amides is 3. The maximum atomic E-state index is 13.3. The van der Waals surface area contributed by atoms with Crippen molar-refractivity contribution in [3.63, 3.8) is 0 Å². The Balaban J connectivity index is 1.44. The Kier molecular flexibility index (Phi) is 8.08. The van der Waals surface area contributed by atoms with Gasteiger partial charge in [-0.15, -0.1) is 11.3 Å². The van der Waals surface area contributed by atoms with Crippen molar-refractivity contribution in [1.29, 1.82) is 0 Å². The number of urea groups is 1. The van der Waals surface area contributed by atoms with Crippen molar-refractivity contribution < 1.29 is 14.3 Å². The number of hydrogen-bond donors (Lipinski definition) is 2. The van der Waals surface area contributed by atoms with E-state index in [0.29, 0.717) is 30.6 Å². The van der Waals surface area contributed by atoms with Gasteiger partial charge in [-0.05, 0) is 50.0 Å². The van der Waals surface area contributed by atoms with E-state index in [4.69, 9.17) is 9.72 Å². The summed E-state index contributed by atoms with van der Waals surface area (Å²) in [5.74, 6) is 0.0345. The summed E-state index contributed by atoms with van der Waals surface area (Å²) in [6, 6.07) is -0.343. The van der Waals surface area contributed by atoms with Crippen LogP contribution in [0.5, 0.6) is 0 Å². The van der Waals surface area contributed by atoms with Gasteiger partial charge in [0.15, 0.2) is 5.16 Å². The summed E-state index contributed by atoms with van der Waals surface area (Å²) < 4.78 is 6.81. The number of thioether (sulfide) groups is 1. The lowest BCUT2D eigenvalue weighted by Crippen LogP contribution is -2.48. The molecule has 2 aromatic heterocycles. The fourth-order valence-electron chi connectivity index (χ4n) is 4.76. The monoisotopic (exact) mass is 492 g/mol. The third kappa shape index (κ3) is 5.60. The number of aryl methyl sites for hydroxylation is 2. The largest absolute Gasteiger partial charge is 0.385 e. The molecule has 1 fully saturated rings. The lowest BCUT2D eigenvalue weighted by Gasteiger charge is -2.29. The Morgan fingerprint density at radius 1 is 1.24 bits per heavy atom. The molecule has 2 atom stereocenters. The number of nitrogens with zero attached hydrogens (tertiary/aromatic N) is 2. The molecule has 2 aromatic rings. The van der Waals surface area contributed by atoms with Crippen LogP contribution in [0.2, 0.25) is 0 Å². The minimum absolute atomic E-state index is 0.0148. The number of ether oxygens (including phenoxy) is 1. The highest BCUT2D eigenvalue weighted by atomic mass is 32.2. The van der Waals surface area contributed by atoms with E-state index in [1.807, 2.05) is 0 Å². The Morgan fingerprint density at radius 3 is 2.85 bits per heavy atom. The van der Waals surface area contributed by atoms with Crippen LogP contribution in [0.15, 0.2) is 9.95 Å². The Bertz CT molecular complexity index is 1080. The summed E-state index contributed by atoms with van der Waals surface area (Å²) in [5, 5.41) is 6.62. The highest BCUT2D eigenvalue weighted by Crippen LogP contribution is 2.35. The Morgan fingerprint density at radius 2 is 2.06 bits per heavy atom. The molecule has 180 valence electrons. The first kappa shape index (κ1) is 24.2. The number of fused-ring (bicyclic) bond motifs is 3. The minimum atomic E-state index is -0.449. The third-order valence-corrected chi connectivity index (χ3v) is 8.70. The lowest BCUT2D eigenvalue weighted by atomic mass is 9.86. The molecule has 4 rings (SSSR count). The molecule has 0 aromatic carbocycles. The summed E-state index contributed by atoms with van der Waals surface area (Å²) in [6.07, 6.45) is 8.01. The number of rotatable bonds is 8. The van der Waals surface area contributed by atoms with Crippen molar-refractivity contribution in [2.75, 3.05) is 19.5 Å². The average molecular weight is 493 g/mol. The predicted molar refractivity (Wildman–Crippen MR) is 131 cm³/mol. The smallest absolute Gasteiger partial charge is 0.321 e. The van der Waals surface area contributed by atoms with E-state index in [9.17, 15) is 14.4 Å². The van der Waals surface area contributed by atoms with Gasteiger partial charge in [-0.25, -0.2) is 9.78 Å². The molecular weight excluding hydrogens is 460 g/mol. The molecular formula is C23H32N4O4S2. The van der Waals surface area contributed by atoms with Crippen LogP contribution < -0.4 is 16.2 Å². The molecule has 2 N–H and O–H groups in total. The number of methoxy groups -OCH3 is 1. The van der Waals surface area contributed by atoms with Gasteiger partial charge in [0.2, 0.25) is 5.91 Å². The number of nitrogens with one attached hydrogen (secondary N) is 2. The normalized spacial score (nSPS) is 20.1. The van der Waals surface area contributed by atoms with Crippen LogP contribution >= 0.6 is 23.1 Å². The molecule has 0 unspecified atom stereocenters. The second kappa shape index (κ2) is 11.0. The van der Waals surface area contributed by atoms with Crippen molar-refractivity contribution in [3.8, 4) is 0 Å². The number of carbonyl (C=O) groups excluding carboxylic acids is 2. The van der Waals surface area contributed by atoms with Crippen molar-refractivity contribution in [3.05, 3.63) is 20.8 Å². The van der Waals surface area contributed by atoms with Gasteiger partial charge in [0.05, 0.1) is 11.1 Å². The van der Waals surface area contributed by atoms with Crippen molar-refractivity contribution in [2.45, 2.75) is 76.0 Å². The predicted octanol–water partition coefficient (Wildman–Crippen LogP) is 3.48. The quantitative estimate of drug-likeness (QED) is 0.332. The fraction of sp³-hybridized carbons (Fsp3) is 0.652. The second-order valence-electron chi connectivity index (χ2n) is 8.91. The first-order valence-electron chi connectivity index (χ1n) is 11.7. The number of aromatic nitrogens is 2. The standard InChI is InChI=1S/C23H32N4O4S2/c1-14-7-3-4-9-16(14)24-22(30)25-18(28)13-32-23-26-20-19(15-8-5-10-17(15)33-20)21(29)27(23)11-6-12-31-2/h14,16H,3-13H2,1-2H3,(H2,24,25,28,30)/t14-,16-/m0/s1. The van der Waals surface area contributed by atoms with Gasteiger partial charge in [0, 0.05) is 31.2 Å². The minimum Gasteiger partial charge on any atom is -0.385 e. The molecule has 2 aliphatic rings. The van der Waals surface area contributed by atoms with E-state index in [-0.39, 0.29) is 17.4 Å². The maximum Gasteiger partial charge on any atom is 0.321 e. The summed E-state index contributed by atoms with van der Waals surface area (Å²) in [4.78, 5) is 44.9. The zero-order valence-electron chi connectivity index (χ0n) is 19.3. The van der Waals surface area contributed by atoms with Crippen LogP contribution in [0.3, 0.4) is 0 Å². The van der Waals surface area contributed by atoms with Crippen LogP contribution in [0, 0.1) is 5.92 Å². The molecule has 2 heterocycles. The number of carbonyl (C=O) groups is 2. The van der Waals surface area contributed by atoms with Gasteiger partial charge in [0.1, 0.15) is 4.83 Å². The zero-order valence-corrected chi connectivity index (χ0v) is 20.9. The first-order chi connectivity index (χ1) is 16.0. The number of imide groups is 1. The van der Waals surface area contributed by atoms with Crippen molar-refractivity contribution >= 4 is 45.3 Å². The van der Waals surface area contributed by atoms with Gasteiger partial charge in [-0.1, -0.05) is 31.5 Å². The summed E-state index contributed by atoms with van der Waals surface area (Å²) in [6.45, 7) is 3.15. The summed E-state index contributed by atoms with van der Waals surface area (Å²) in [5.41, 5.74) is 1.11. The van der Waals surface area contributed by atoms with E-state index in [1.165, 1.54) is 23.1 Å². The summed E-state index contributed by atoms with van der Waals surface area (Å²) >= 11 is 2.79. The molecule has 0 radical (unpaired) electrons. The van der Waals surface area contributed by atoms with Crippen LogP contribution in [0.1, 0.15) is 55.9 Å². The number of hydrogen-bond acceptors (Lipinski definition) is 7. The van der Waals surface area contributed by atoms with Crippen LogP contribution in [0.4, 0.5) is 4.79 Å². The Labute approximate surface area is 201 Å². The molecule has 0 bridgehead atoms.